The first kappa shape index (κ1) is 23.0. The van der Waals surface area contributed by atoms with Gasteiger partial charge in [0.25, 0.3) is 0 Å². The predicted molar refractivity (Wildman–Crippen MR) is 128 cm³/mol. The predicted octanol–water partition coefficient (Wildman–Crippen LogP) is 6.03. The maximum Gasteiger partial charge on any atom is 0.314 e. The van der Waals surface area contributed by atoms with Crippen molar-refractivity contribution in [2.24, 2.45) is 0 Å². The van der Waals surface area contributed by atoms with Gasteiger partial charge in [0.05, 0.1) is 10.9 Å². The summed E-state index contributed by atoms with van der Waals surface area (Å²) >= 11 is 7.90. The van der Waals surface area contributed by atoms with E-state index in [4.69, 9.17) is 21.1 Å². The van der Waals surface area contributed by atoms with Crippen molar-refractivity contribution in [3.63, 3.8) is 0 Å². The van der Waals surface area contributed by atoms with E-state index in [2.05, 4.69) is 4.72 Å². The number of benzene rings is 3. The Labute approximate surface area is 203 Å². The van der Waals surface area contributed by atoms with Crippen LogP contribution in [0.5, 0.6) is 11.5 Å². The number of halogens is 3. The monoisotopic (exact) mass is 521 g/mol. The van der Waals surface area contributed by atoms with E-state index < -0.39 is 35.2 Å². The maximum absolute atomic E-state index is 13.6. The Balaban J connectivity index is 1.54. The van der Waals surface area contributed by atoms with E-state index in [0.717, 1.165) is 15.0 Å². The van der Waals surface area contributed by atoms with E-state index in [1.54, 1.807) is 24.3 Å². The molecule has 1 aliphatic heterocycles. The fourth-order valence-corrected chi connectivity index (χ4v) is 6.31. The van der Waals surface area contributed by atoms with Crippen molar-refractivity contribution in [3.8, 4) is 11.5 Å². The first-order valence-electron chi connectivity index (χ1n) is 10.2. The molecule has 0 saturated carbocycles. The molecule has 1 aliphatic rings. The molecule has 3 aromatic carbocycles. The number of nitrogens with one attached hydrogen (secondary N) is 1. The van der Waals surface area contributed by atoms with Gasteiger partial charge in [-0.15, -0.1) is 11.3 Å². The summed E-state index contributed by atoms with van der Waals surface area (Å²) in [4.78, 5) is 0.616. The van der Waals surface area contributed by atoms with Gasteiger partial charge in [-0.2, -0.15) is 13.5 Å². The average Bonchev–Trinajstić information content (AvgIpc) is 3.18. The van der Waals surface area contributed by atoms with E-state index in [1.165, 1.54) is 29.5 Å². The summed E-state index contributed by atoms with van der Waals surface area (Å²) in [5, 5.41) is 1.39. The highest BCUT2D eigenvalue weighted by molar-refractivity contribution is 7.89. The molecule has 0 amide bonds. The Kier molecular flexibility index (Phi) is 5.97. The molecule has 34 heavy (non-hydrogen) atoms. The van der Waals surface area contributed by atoms with Crippen LogP contribution in [0, 0.1) is 0 Å². The summed E-state index contributed by atoms with van der Waals surface area (Å²) in [6.07, 6.45) is 0. The van der Waals surface area contributed by atoms with Crippen molar-refractivity contribution < 1.29 is 26.7 Å². The third-order valence-corrected chi connectivity index (χ3v) is 8.27. The van der Waals surface area contributed by atoms with Gasteiger partial charge in [-0.25, -0.2) is 8.42 Å². The molecule has 0 radical (unpaired) electrons. The lowest BCUT2D eigenvalue weighted by Crippen LogP contribution is -2.30. The molecule has 1 N–H and O–H groups in total. The minimum Gasteiger partial charge on any atom is -0.483 e. The van der Waals surface area contributed by atoms with Crippen LogP contribution in [0.4, 0.5) is 8.78 Å². The second-order valence-corrected chi connectivity index (χ2v) is 11.0. The van der Waals surface area contributed by atoms with Crippen molar-refractivity contribution in [3.05, 3.63) is 88.3 Å². The summed E-state index contributed by atoms with van der Waals surface area (Å²) in [6.45, 7) is -1.74. The maximum atomic E-state index is 13.6. The van der Waals surface area contributed by atoms with Gasteiger partial charge in [0.1, 0.15) is 0 Å². The molecular weight excluding hydrogens is 504 g/mol. The Morgan fingerprint density at radius 1 is 0.941 bits per heavy atom. The van der Waals surface area contributed by atoms with Gasteiger partial charge in [0.2, 0.25) is 10.0 Å². The SMILES string of the molecule is O=S(=O)(NC(c1cc2ccccc2s1)c1ccccc1Cl)c1ccc2c(c1)OCC(F)(F)CO2. The van der Waals surface area contributed by atoms with Gasteiger partial charge in [-0.3, -0.25) is 0 Å². The largest absolute Gasteiger partial charge is 0.483 e. The quantitative estimate of drug-likeness (QED) is 0.348. The number of thiophene rings is 1. The number of rotatable bonds is 5. The topological polar surface area (TPSA) is 64.6 Å². The molecule has 0 bridgehead atoms. The van der Waals surface area contributed by atoms with Crippen LogP contribution in [-0.4, -0.2) is 27.6 Å². The molecule has 5 nitrogen and oxygen atoms in total. The summed E-state index contributed by atoms with van der Waals surface area (Å²) in [5.41, 5.74) is 0.591. The molecule has 176 valence electrons. The number of hydrogen-bond donors (Lipinski definition) is 1. The molecule has 5 rings (SSSR count). The number of hydrogen-bond acceptors (Lipinski definition) is 5. The third kappa shape index (κ3) is 4.61. The van der Waals surface area contributed by atoms with Crippen LogP contribution in [0.2, 0.25) is 5.02 Å². The highest BCUT2D eigenvalue weighted by Crippen LogP contribution is 2.38. The van der Waals surface area contributed by atoms with Crippen molar-refractivity contribution in [2.75, 3.05) is 13.2 Å². The first-order chi connectivity index (χ1) is 16.2. The van der Waals surface area contributed by atoms with E-state index in [0.29, 0.717) is 10.6 Å². The van der Waals surface area contributed by atoms with Gasteiger partial charge in [-0.05, 0) is 41.3 Å². The summed E-state index contributed by atoms with van der Waals surface area (Å²) in [7, 11) is -4.11. The first-order valence-corrected chi connectivity index (χ1v) is 12.9. The Morgan fingerprint density at radius 3 is 2.41 bits per heavy atom. The smallest absolute Gasteiger partial charge is 0.314 e. The molecule has 1 atom stereocenters. The van der Waals surface area contributed by atoms with Gasteiger partial charge in [0.15, 0.2) is 24.7 Å². The highest BCUT2D eigenvalue weighted by atomic mass is 35.5. The molecule has 1 aromatic heterocycles. The average molecular weight is 522 g/mol. The zero-order valence-corrected chi connectivity index (χ0v) is 19.9. The Hall–Kier alpha value is -2.72. The van der Waals surface area contributed by atoms with E-state index >= 15 is 0 Å². The van der Waals surface area contributed by atoms with E-state index in [1.807, 2.05) is 30.3 Å². The number of ether oxygens (including phenoxy) is 2. The number of alkyl halides is 2. The van der Waals surface area contributed by atoms with Crippen LogP contribution in [-0.2, 0) is 10.0 Å². The summed E-state index contributed by atoms with van der Waals surface area (Å²) in [6, 6.07) is 19.7. The van der Waals surface area contributed by atoms with Gasteiger partial charge < -0.3 is 9.47 Å². The molecule has 10 heteroatoms. The minimum absolute atomic E-state index is 0.0586. The lowest BCUT2D eigenvalue weighted by atomic mass is 10.1. The van der Waals surface area contributed by atoms with Crippen LogP contribution in [0.15, 0.2) is 77.7 Å². The zero-order valence-electron chi connectivity index (χ0n) is 17.5. The fraction of sp³-hybridized carbons (Fsp3) is 0.167. The normalized spacial score (nSPS) is 16.2. The zero-order chi connectivity index (χ0) is 23.9. The summed E-state index contributed by atoms with van der Waals surface area (Å²) in [5.74, 6) is -3.17. The van der Waals surface area contributed by atoms with Crippen LogP contribution in [0.1, 0.15) is 16.5 Å². The molecule has 0 fully saturated rings. The molecule has 0 saturated heterocycles. The Bertz CT molecular complexity index is 1440. The van der Waals surface area contributed by atoms with Crippen molar-refractivity contribution in [1.82, 2.24) is 4.72 Å². The van der Waals surface area contributed by atoms with Crippen LogP contribution < -0.4 is 14.2 Å². The second kappa shape index (κ2) is 8.81. The van der Waals surface area contributed by atoms with Crippen molar-refractivity contribution in [2.45, 2.75) is 16.9 Å². The van der Waals surface area contributed by atoms with Crippen LogP contribution in [0.25, 0.3) is 10.1 Å². The lowest BCUT2D eigenvalue weighted by Gasteiger charge is -2.20. The van der Waals surface area contributed by atoms with Crippen molar-refractivity contribution >= 4 is 43.0 Å². The van der Waals surface area contributed by atoms with Gasteiger partial charge in [-0.1, -0.05) is 48.0 Å². The second-order valence-electron chi connectivity index (χ2n) is 7.80. The number of sulfonamides is 1. The van der Waals surface area contributed by atoms with E-state index in [-0.39, 0.29) is 16.4 Å². The standard InChI is InChI=1S/C24H18ClF2NO4S2/c25-18-7-3-2-6-17(18)23(22-11-15-5-1-4-8-21(15)33-22)28-34(29,30)16-9-10-19-20(12-16)32-14-24(26,27)13-31-19/h1-12,23,28H,13-14H2. The third-order valence-electron chi connectivity index (χ3n) is 5.32. The molecule has 0 spiro atoms. The number of fused-ring (bicyclic) bond motifs is 2. The lowest BCUT2D eigenvalue weighted by molar-refractivity contribution is -0.0622. The highest BCUT2D eigenvalue weighted by Gasteiger charge is 2.35. The van der Waals surface area contributed by atoms with Gasteiger partial charge in [0, 0.05) is 20.7 Å². The molecule has 0 aliphatic carbocycles. The molecule has 2 heterocycles. The molecule has 1 unspecified atom stereocenters. The fourth-order valence-electron chi connectivity index (χ4n) is 3.65. The van der Waals surface area contributed by atoms with Crippen LogP contribution in [0.3, 0.4) is 0 Å². The summed E-state index contributed by atoms with van der Waals surface area (Å²) < 4.78 is 68.1. The van der Waals surface area contributed by atoms with Crippen molar-refractivity contribution in [1.29, 1.82) is 0 Å². The Morgan fingerprint density at radius 2 is 1.65 bits per heavy atom. The minimum atomic E-state index is -4.11. The van der Waals surface area contributed by atoms with Crippen LogP contribution >= 0.6 is 22.9 Å². The molecule has 4 aromatic rings. The van der Waals surface area contributed by atoms with E-state index in [9.17, 15) is 17.2 Å². The molecular formula is C24H18ClF2NO4S2. The van der Waals surface area contributed by atoms with Gasteiger partial charge >= 0.3 is 5.92 Å².